The van der Waals surface area contributed by atoms with E-state index in [1.807, 2.05) is 34.7 Å². The summed E-state index contributed by atoms with van der Waals surface area (Å²) in [6.45, 7) is 8.34. The quantitative estimate of drug-likeness (QED) is 0.909. The Morgan fingerprint density at radius 3 is 2.14 bits per heavy atom. The van der Waals surface area contributed by atoms with Crippen molar-refractivity contribution in [1.82, 2.24) is 4.90 Å². The molecule has 2 N–H and O–H groups in total. The molecule has 0 aliphatic heterocycles. The number of hydrogen-bond donors (Lipinski definition) is 1. The molecule has 0 aliphatic carbocycles. The number of rotatable bonds is 5. The number of nitrogens with zero attached hydrogens (tertiary/aromatic N) is 1. The molecule has 2 unspecified atom stereocenters. The molecule has 0 spiro atoms. The Hall–Kier alpha value is -1.26. The van der Waals surface area contributed by atoms with Crippen LogP contribution in [0.4, 0.5) is 0 Å². The van der Waals surface area contributed by atoms with Gasteiger partial charge in [0.15, 0.2) is 0 Å². The zero-order valence-corrected chi connectivity index (χ0v) is 14.6. The maximum Gasteiger partial charge on any atom is 0.226 e. The van der Waals surface area contributed by atoms with E-state index < -0.39 is 0 Å². The second-order valence-electron chi connectivity index (χ2n) is 5.60. The first-order valence-electron chi connectivity index (χ1n) is 6.92. The maximum atomic E-state index is 12.2. The van der Waals surface area contributed by atoms with Gasteiger partial charge in [-0.2, -0.15) is 0 Å². The smallest absolute Gasteiger partial charge is 0.226 e. The van der Waals surface area contributed by atoms with E-state index in [2.05, 4.69) is 12.1 Å². The molecular formula is C16H27ClN2O2. The van der Waals surface area contributed by atoms with Gasteiger partial charge < -0.3 is 15.4 Å². The molecule has 1 aromatic rings. The lowest BCUT2D eigenvalue weighted by Gasteiger charge is -2.24. The molecule has 0 bridgehead atoms. The fourth-order valence-electron chi connectivity index (χ4n) is 2.38. The minimum atomic E-state index is -0.166. The minimum Gasteiger partial charge on any atom is -0.496 e. The Morgan fingerprint density at radius 1 is 1.29 bits per heavy atom. The molecule has 1 rings (SSSR count). The summed E-state index contributed by atoms with van der Waals surface area (Å²) in [6, 6.07) is 3.99. The molecule has 0 aliphatic rings. The summed E-state index contributed by atoms with van der Waals surface area (Å²) in [5, 5.41) is 0. The number of ether oxygens (including phenoxy) is 1. The first-order valence-corrected chi connectivity index (χ1v) is 6.92. The van der Waals surface area contributed by atoms with Crippen LogP contribution < -0.4 is 10.5 Å². The van der Waals surface area contributed by atoms with Crippen molar-refractivity contribution < 1.29 is 9.53 Å². The Labute approximate surface area is 134 Å². The molecule has 5 heteroatoms. The largest absolute Gasteiger partial charge is 0.496 e. The average Bonchev–Trinajstić information content (AvgIpc) is 2.36. The van der Waals surface area contributed by atoms with Gasteiger partial charge in [-0.1, -0.05) is 19.1 Å². The van der Waals surface area contributed by atoms with Crippen LogP contribution in [0.5, 0.6) is 5.75 Å². The van der Waals surface area contributed by atoms with Gasteiger partial charge in [0, 0.05) is 19.6 Å². The number of hydrogen-bond acceptors (Lipinski definition) is 3. The second kappa shape index (κ2) is 8.25. The third kappa shape index (κ3) is 4.90. The number of carbonyl (C=O) groups is 1. The number of carbonyl (C=O) groups excluding carboxylic acids is 1. The summed E-state index contributed by atoms with van der Waals surface area (Å²) >= 11 is 0. The Morgan fingerprint density at radius 2 is 1.76 bits per heavy atom. The van der Waals surface area contributed by atoms with Gasteiger partial charge in [0.05, 0.1) is 13.0 Å². The topological polar surface area (TPSA) is 55.6 Å². The third-order valence-electron chi connectivity index (χ3n) is 3.70. The SMILES string of the molecule is COc1c(C)cc(CN(C)C(=O)C(C)C(C)N)cc1C.Cl. The van der Waals surface area contributed by atoms with Crippen molar-refractivity contribution in [2.24, 2.45) is 11.7 Å². The molecule has 1 aromatic carbocycles. The average molecular weight is 315 g/mol. The van der Waals surface area contributed by atoms with E-state index in [0.29, 0.717) is 6.54 Å². The van der Waals surface area contributed by atoms with Crippen LogP contribution in [-0.4, -0.2) is 31.0 Å². The highest BCUT2D eigenvalue weighted by Crippen LogP contribution is 2.25. The van der Waals surface area contributed by atoms with Crippen molar-refractivity contribution in [1.29, 1.82) is 0 Å². The van der Waals surface area contributed by atoms with Crippen molar-refractivity contribution in [2.45, 2.75) is 40.3 Å². The van der Waals surface area contributed by atoms with E-state index in [1.54, 1.807) is 12.0 Å². The predicted octanol–water partition coefficient (Wildman–Crippen LogP) is 2.68. The van der Waals surface area contributed by atoms with Crippen LogP contribution in [0.2, 0.25) is 0 Å². The van der Waals surface area contributed by atoms with Crippen molar-refractivity contribution in [2.75, 3.05) is 14.2 Å². The molecule has 0 heterocycles. The van der Waals surface area contributed by atoms with E-state index in [1.165, 1.54) is 0 Å². The summed E-state index contributed by atoms with van der Waals surface area (Å²) < 4.78 is 5.36. The Bertz CT molecular complexity index is 466. The van der Waals surface area contributed by atoms with E-state index in [-0.39, 0.29) is 30.3 Å². The van der Waals surface area contributed by atoms with E-state index in [4.69, 9.17) is 10.5 Å². The van der Waals surface area contributed by atoms with E-state index in [0.717, 1.165) is 22.4 Å². The van der Waals surface area contributed by atoms with Gasteiger partial charge in [0.2, 0.25) is 5.91 Å². The first kappa shape index (κ1) is 19.7. The van der Waals surface area contributed by atoms with Crippen LogP contribution in [0, 0.1) is 19.8 Å². The normalized spacial score (nSPS) is 13.1. The van der Waals surface area contributed by atoms with Crippen LogP contribution in [-0.2, 0) is 11.3 Å². The highest BCUT2D eigenvalue weighted by atomic mass is 35.5. The number of amides is 1. The summed E-state index contributed by atoms with van der Waals surface area (Å²) in [4.78, 5) is 13.9. The molecule has 0 fully saturated rings. The Balaban J connectivity index is 0.00000400. The van der Waals surface area contributed by atoms with Gasteiger partial charge in [0.25, 0.3) is 0 Å². The zero-order chi connectivity index (χ0) is 15.4. The molecular weight excluding hydrogens is 288 g/mol. The van der Waals surface area contributed by atoms with Crippen LogP contribution >= 0.6 is 12.4 Å². The maximum absolute atomic E-state index is 12.2. The number of benzene rings is 1. The first-order chi connectivity index (χ1) is 9.27. The lowest BCUT2D eigenvalue weighted by molar-refractivity contribution is -0.134. The molecule has 1 amide bonds. The van der Waals surface area contributed by atoms with Crippen molar-refractivity contribution in [3.63, 3.8) is 0 Å². The molecule has 0 radical (unpaired) electrons. The molecule has 0 saturated carbocycles. The summed E-state index contributed by atoms with van der Waals surface area (Å²) in [6.07, 6.45) is 0. The van der Waals surface area contributed by atoms with Crippen molar-refractivity contribution >= 4 is 18.3 Å². The number of aryl methyl sites for hydroxylation is 2. The third-order valence-corrected chi connectivity index (χ3v) is 3.70. The number of halogens is 1. The van der Waals surface area contributed by atoms with Gasteiger partial charge in [-0.15, -0.1) is 12.4 Å². The summed E-state index contributed by atoms with van der Waals surface area (Å²) in [5.74, 6) is 0.818. The van der Waals surface area contributed by atoms with E-state index in [9.17, 15) is 4.79 Å². The molecule has 0 aromatic heterocycles. The highest BCUT2D eigenvalue weighted by Gasteiger charge is 2.21. The molecule has 2 atom stereocenters. The van der Waals surface area contributed by atoms with E-state index >= 15 is 0 Å². The van der Waals surface area contributed by atoms with Gasteiger partial charge in [-0.3, -0.25) is 4.79 Å². The fraction of sp³-hybridized carbons (Fsp3) is 0.562. The van der Waals surface area contributed by atoms with Gasteiger partial charge in [0.1, 0.15) is 5.75 Å². The van der Waals surface area contributed by atoms with Gasteiger partial charge in [-0.25, -0.2) is 0 Å². The lowest BCUT2D eigenvalue weighted by atomic mass is 10.0. The van der Waals surface area contributed by atoms with Crippen LogP contribution in [0.1, 0.15) is 30.5 Å². The molecule has 4 nitrogen and oxygen atoms in total. The summed E-state index contributed by atoms with van der Waals surface area (Å²) in [7, 11) is 3.49. The highest BCUT2D eigenvalue weighted by molar-refractivity contribution is 5.85. The molecule has 21 heavy (non-hydrogen) atoms. The Kier molecular flexibility index (Phi) is 7.75. The lowest BCUT2D eigenvalue weighted by Crippen LogP contribution is -2.39. The summed E-state index contributed by atoms with van der Waals surface area (Å²) in [5.41, 5.74) is 9.07. The fourth-order valence-corrected chi connectivity index (χ4v) is 2.38. The molecule has 120 valence electrons. The van der Waals surface area contributed by atoms with Crippen LogP contribution in [0.25, 0.3) is 0 Å². The van der Waals surface area contributed by atoms with Gasteiger partial charge in [-0.05, 0) is 37.5 Å². The standard InChI is InChI=1S/C16H26N2O2.ClH/c1-10-7-14(8-11(2)15(10)20-6)9-18(5)16(19)12(3)13(4)17;/h7-8,12-13H,9,17H2,1-6H3;1H. The number of nitrogens with two attached hydrogens (primary N) is 1. The van der Waals surface area contributed by atoms with Crippen LogP contribution in [0.15, 0.2) is 12.1 Å². The second-order valence-corrected chi connectivity index (χ2v) is 5.60. The van der Waals surface area contributed by atoms with Crippen molar-refractivity contribution in [3.8, 4) is 5.75 Å². The minimum absolute atomic E-state index is 0. The zero-order valence-electron chi connectivity index (χ0n) is 13.8. The monoisotopic (exact) mass is 314 g/mol. The van der Waals surface area contributed by atoms with Crippen molar-refractivity contribution in [3.05, 3.63) is 28.8 Å². The number of methoxy groups -OCH3 is 1. The van der Waals surface area contributed by atoms with Gasteiger partial charge >= 0.3 is 0 Å². The molecule has 0 saturated heterocycles. The predicted molar refractivity (Wildman–Crippen MR) is 89.0 cm³/mol. The van der Waals surface area contributed by atoms with Crippen LogP contribution in [0.3, 0.4) is 0 Å².